The number of nitrogens with one attached hydrogen (secondary N) is 1. The van der Waals surface area contributed by atoms with Gasteiger partial charge in [-0.25, -0.2) is 0 Å². The highest BCUT2D eigenvalue weighted by molar-refractivity contribution is 7.09. The van der Waals surface area contributed by atoms with Crippen LogP contribution in [0.4, 0.5) is 0 Å². The summed E-state index contributed by atoms with van der Waals surface area (Å²) in [5.41, 5.74) is 0.657. The average molecular weight is 363 g/mol. The van der Waals surface area contributed by atoms with Crippen molar-refractivity contribution in [1.29, 1.82) is 0 Å². The van der Waals surface area contributed by atoms with Crippen LogP contribution in [0, 0.1) is 0 Å². The molecule has 0 spiro atoms. The van der Waals surface area contributed by atoms with Gasteiger partial charge in [-0.2, -0.15) is 0 Å². The van der Waals surface area contributed by atoms with Gasteiger partial charge in [0.1, 0.15) is 0 Å². The highest BCUT2D eigenvalue weighted by atomic mass is 32.1. The third-order valence-corrected chi connectivity index (χ3v) is 4.64. The van der Waals surface area contributed by atoms with Crippen LogP contribution in [-0.4, -0.2) is 31.2 Å². The van der Waals surface area contributed by atoms with Gasteiger partial charge in [-0.1, -0.05) is 12.1 Å². The molecule has 1 aromatic heterocycles. The van der Waals surface area contributed by atoms with E-state index in [-0.39, 0.29) is 12.3 Å². The quantitative estimate of drug-likeness (QED) is 0.715. The summed E-state index contributed by atoms with van der Waals surface area (Å²) < 4.78 is 10.4. The van der Waals surface area contributed by atoms with Gasteiger partial charge in [0.05, 0.1) is 26.7 Å². The third kappa shape index (κ3) is 5.49. The predicted octanol–water partition coefficient (Wildman–Crippen LogP) is 3.03. The second-order valence-corrected chi connectivity index (χ2v) is 6.44. The molecule has 1 aromatic carbocycles. The van der Waals surface area contributed by atoms with Gasteiger partial charge < -0.3 is 19.9 Å². The highest BCUT2D eigenvalue weighted by Crippen LogP contribution is 2.31. The fourth-order valence-corrected chi connectivity index (χ4v) is 3.16. The number of carboxylic acids is 1. The number of carboxylic acid groups (broad SMARTS) is 1. The number of thiophene rings is 1. The van der Waals surface area contributed by atoms with Gasteiger partial charge in [0.15, 0.2) is 11.5 Å². The van der Waals surface area contributed by atoms with Crippen LogP contribution in [-0.2, 0) is 16.0 Å². The monoisotopic (exact) mass is 363 g/mol. The maximum absolute atomic E-state index is 12.2. The molecule has 1 unspecified atom stereocenters. The van der Waals surface area contributed by atoms with Crippen molar-refractivity contribution in [2.75, 3.05) is 14.2 Å². The Morgan fingerprint density at radius 1 is 1.20 bits per heavy atom. The van der Waals surface area contributed by atoms with Crippen molar-refractivity contribution in [3.63, 3.8) is 0 Å². The summed E-state index contributed by atoms with van der Waals surface area (Å²) in [6, 6.07) is 8.39. The Hall–Kier alpha value is -2.54. The molecule has 2 N–H and O–H groups in total. The predicted molar refractivity (Wildman–Crippen MR) is 95.3 cm³/mol. The van der Waals surface area contributed by atoms with Crippen molar-refractivity contribution in [3.05, 3.63) is 46.2 Å². The van der Waals surface area contributed by atoms with Gasteiger partial charge in [-0.05, 0) is 35.6 Å². The van der Waals surface area contributed by atoms with E-state index in [1.165, 1.54) is 14.2 Å². The Bertz CT molecular complexity index is 714. The summed E-state index contributed by atoms with van der Waals surface area (Å²) in [5, 5.41) is 13.9. The summed E-state index contributed by atoms with van der Waals surface area (Å²) in [7, 11) is 3.03. The molecule has 134 valence electrons. The third-order valence-electron chi connectivity index (χ3n) is 3.70. The number of carbonyl (C=O) groups excluding carboxylic acids is 1. The van der Waals surface area contributed by atoms with Crippen molar-refractivity contribution < 1.29 is 24.2 Å². The van der Waals surface area contributed by atoms with E-state index < -0.39 is 12.0 Å². The minimum Gasteiger partial charge on any atom is -0.493 e. The summed E-state index contributed by atoms with van der Waals surface area (Å²) in [4.78, 5) is 24.5. The molecule has 0 bridgehead atoms. The van der Waals surface area contributed by atoms with Gasteiger partial charge in [-0.3, -0.25) is 9.59 Å². The van der Waals surface area contributed by atoms with E-state index in [0.717, 1.165) is 4.88 Å². The molecule has 1 heterocycles. The minimum absolute atomic E-state index is 0.186. The fraction of sp³-hybridized carbons (Fsp3) is 0.333. The molecular weight excluding hydrogens is 342 g/mol. The lowest BCUT2D eigenvalue weighted by atomic mass is 10.0. The van der Waals surface area contributed by atoms with Gasteiger partial charge in [-0.15, -0.1) is 11.3 Å². The molecule has 0 aliphatic carbocycles. The SMILES string of the molecule is COc1ccc(C(CC(=O)O)NC(=O)CCc2cccs2)cc1OC. The summed E-state index contributed by atoms with van der Waals surface area (Å²) in [6.07, 6.45) is 0.735. The van der Waals surface area contributed by atoms with Crippen LogP contribution in [0.1, 0.15) is 29.3 Å². The van der Waals surface area contributed by atoms with E-state index in [4.69, 9.17) is 14.6 Å². The zero-order valence-corrected chi connectivity index (χ0v) is 15.0. The second-order valence-electron chi connectivity index (χ2n) is 5.41. The van der Waals surface area contributed by atoms with E-state index in [9.17, 15) is 9.59 Å². The number of aliphatic carboxylic acids is 1. The Balaban J connectivity index is 2.09. The zero-order chi connectivity index (χ0) is 18.2. The first-order chi connectivity index (χ1) is 12.0. The summed E-state index contributed by atoms with van der Waals surface area (Å²) >= 11 is 1.60. The zero-order valence-electron chi connectivity index (χ0n) is 14.2. The molecule has 0 aliphatic heterocycles. The van der Waals surface area contributed by atoms with Crippen LogP contribution in [0.25, 0.3) is 0 Å². The van der Waals surface area contributed by atoms with Crippen molar-refractivity contribution >= 4 is 23.2 Å². The number of benzene rings is 1. The van der Waals surface area contributed by atoms with Gasteiger partial charge in [0.25, 0.3) is 0 Å². The molecule has 1 amide bonds. The summed E-state index contributed by atoms with van der Waals surface area (Å²) in [5.74, 6) is -0.139. The van der Waals surface area contributed by atoms with Crippen LogP contribution in [0.2, 0.25) is 0 Å². The van der Waals surface area contributed by atoms with Gasteiger partial charge >= 0.3 is 5.97 Å². The molecule has 0 aliphatic rings. The lowest BCUT2D eigenvalue weighted by Crippen LogP contribution is -2.30. The largest absolute Gasteiger partial charge is 0.493 e. The molecule has 1 atom stereocenters. The molecule has 0 saturated carbocycles. The molecule has 0 radical (unpaired) electrons. The molecule has 0 saturated heterocycles. The number of hydrogen-bond donors (Lipinski definition) is 2. The normalized spacial score (nSPS) is 11.6. The van der Waals surface area contributed by atoms with Crippen molar-refractivity contribution in [1.82, 2.24) is 5.32 Å². The smallest absolute Gasteiger partial charge is 0.305 e. The van der Waals surface area contributed by atoms with Crippen molar-refractivity contribution in [2.45, 2.75) is 25.3 Å². The van der Waals surface area contributed by atoms with Crippen LogP contribution < -0.4 is 14.8 Å². The number of amides is 1. The molecule has 7 heteroatoms. The molecule has 6 nitrogen and oxygen atoms in total. The number of methoxy groups -OCH3 is 2. The maximum Gasteiger partial charge on any atom is 0.305 e. The van der Waals surface area contributed by atoms with Crippen LogP contribution >= 0.6 is 11.3 Å². The average Bonchev–Trinajstić information content (AvgIpc) is 3.12. The number of carbonyl (C=O) groups is 2. The van der Waals surface area contributed by atoms with E-state index in [1.807, 2.05) is 17.5 Å². The maximum atomic E-state index is 12.2. The van der Waals surface area contributed by atoms with E-state index in [2.05, 4.69) is 5.32 Å². The van der Waals surface area contributed by atoms with Crippen LogP contribution in [0.15, 0.2) is 35.7 Å². The minimum atomic E-state index is -0.988. The van der Waals surface area contributed by atoms with Crippen molar-refractivity contribution in [3.8, 4) is 11.5 Å². The fourth-order valence-electron chi connectivity index (χ4n) is 2.45. The van der Waals surface area contributed by atoms with Gasteiger partial charge in [0, 0.05) is 11.3 Å². The molecule has 0 fully saturated rings. The van der Waals surface area contributed by atoms with Gasteiger partial charge in [0.2, 0.25) is 5.91 Å². The number of hydrogen-bond acceptors (Lipinski definition) is 5. The number of rotatable bonds is 9. The Labute approximate surface area is 150 Å². The number of ether oxygens (including phenoxy) is 2. The highest BCUT2D eigenvalue weighted by Gasteiger charge is 2.20. The van der Waals surface area contributed by atoms with Crippen molar-refractivity contribution in [2.24, 2.45) is 0 Å². The first-order valence-corrected chi connectivity index (χ1v) is 8.67. The van der Waals surface area contributed by atoms with E-state index in [1.54, 1.807) is 29.5 Å². The lowest BCUT2D eigenvalue weighted by molar-refractivity contribution is -0.137. The summed E-state index contributed by atoms with van der Waals surface area (Å²) in [6.45, 7) is 0. The topological polar surface area (TPSA) is 84.9 Å². The number of aryl methyl sites for hydroxylation is 1. The van der Waals surface area contributed by atoms with E-state index in [0.29, 0.717) is 29.9 Å². The lowest BCUT2D eigenvalue weighted by Gasteiger charge is -2.19. The Morgan fingerprint density at radius 3 is 2.56 bits per heavy atom. The molecule has 2 aromatic rings. The molecule has 2 rings (SSSR count). The molecular formula is C18H21NO5S. The van der Waals surface area contributed by atoms with Crippen LogP contribution in [0.3, 0.4) is 0 Å². The Kier molecular flexibility index (Phi) is 6.82. The first-order valence-electron chi connectivity index (χ1n) is 7.79. The van der Waals surface area contributed by atoms with E-state index >= 15 is 0 Å². The standard InChI is InChI=1S/C18H21NO5S/c1-23-15-7-5-12(10-16(15)24-2)14(11-18(21)22)19-17(20)8-6-13-4-3-9-25-13/h3-5,7,9-10,14H,6,8,11H2,1-2H3,(H,19,20)(H,21,22). The van der Waals surface area contributed by atoms with Crippen LogP contribution in [0.5, 0.6) is 11.5 Å². The Morgan fingerprint density at radius 2 is 1.96 bits per heavy atom. The first kappa shape index (κ1) is 18.8. The second kappa shape index (κ2) is 9.08. The molecule has 25 heavy (non-hydrogen) atoms.